The van der Waals surface area contributed by atoms with E-state index in [2.05, 4.69) is 10.5 Å². The number of carbonyl (C=O) groups is 1. The molecule has 0 unspecified atom stereocenters. The summed E-state index contributed by atoms with van der Waals surface area (Å²) in [6.45, 7) is 0. The van der Waals surface area contributed by atoms with Gasteiger partial charge in [-0.2, -0.15) is 0 Å². The molecule has 0 radical (unpaired) electrons. The van der Waals surface area contributed by atoms with E-state index in [9.17, 15) is 13.6 Å². The van der Waals surface area contributed by atoms with Crippen LogP contribution in [0.4, 0.5) is 8.78 Å². The molecule has 1 fully saturated rings. The Morgan fingerprint density at radius 3 is 2.06 bits per heavy atom. The van der Waals surface area contributed by atoms with Crippen LogP contribution in [0.5, 0.6) is 0 Å². The summed E-state index contributed by atoms with van der Waals surface area (Å²) in [7, 11) is 3.39. The van der Waals surface area contributed by atoms with Crippen LogP contribution >= 0.6 is 0 Å². The van der Waals surface area contributed by atoms with Gasteiger partial charge in [0.15, 0.2) is 0 Å². The number of carbonyl (C=O) groups excluding carboxylic acids is 1. The molecule has 0 aromatic heterocycles. The van der Waals surface area contributed by atoms with Gasteiger partial charge in [-0.05, 0) is 38.6 Å². The van der Waals surface area contributed by atoms with E-state index in [0.29, 0.717) is 32.4 Å². The molecule has 0 aromatic rings. The Labute approximate surface area is 96.3 Å². The van der Waals surface area contributed by atoms with Crippen molar-refractivity contribution in [2.45, 2.75) is 38.3 Å². The third kappa shape index (κ3) is 8.59. The molecule has 1 rings (SSSR count). The molecule has 0 atom stereocenters. The third-order valence-corrected chi connectivity index (χ3v) is 2.46. The van der Waals surface area contributed by atoms with Crippen molar-refractivity contribution in [3.05, 3.63) is 0 Å². The first kappa shape index (κ1) is 17.7. The molecule has 1 aliphatic carbocycles. The van der Waals surface area contributed by atoms with Crippen molar-refractivity contribution in [1.29, 1.82) is 0 Å². The van der Waals surface area contributed by atoms with E-state index < -0.39 is 6.17 Å². The molecule has 98 valence electrons. The maximum Gasteiger partial charge on any atom is 0.305 e. The molecule has 2 N–H and O–H groups in total. The molecule has 3 nitrogen and oxygen atoms in total. The largest absolute Gasteiger partial charge is 0.469 e. The highest BCUT2D eigenvalue weighted by Crippen LogP contribution is 2.28. The van der Waals surface area contributed by atoms with Crippen molar-refractivity contribution in [1.82, 2.24) is 0 Å². The van der Waals surface area contributed by atoms with Crippen LogP contribution in [0.15, 0.2) is 0 Å². The van der Waals surface area contributed by atoms with E-state index in [0.717, 1.165) is 12.8 Å². The van der Waals surface area contributed by atoms with Crippen LogP contribution in [-0.2, 0) is 9.53 Å². The lowest BCUT2D eigenvalue weighted by Gasteiger charge is -2.22. The number of alkyl halides is 2. The fourth-order valence-electron chi connectivity index (χ4n) is 1.64. The van der Waals surface area contributed by atoms with Crippen molar-refractivity contribution >= 4 is 5.97 Å². The Hall–Kier alpha value is -0.710. The molecule has 0 spiro atoms. The quantitative estimate of drug-likeness (QED) is 0.752. The minimum absolute atomic E-state index is 0.169. The molecule has 5 heteroatoms. The van der Waals surface area contributed by atoms with Crippen LogP contribution < -0.4 is 5.73 Å². The number of hydrogen-bond acceptors (Lipinski definition) is 3. The second kappa shape index (κ2) is 12.4. The normalized spacial score (nSPS) is 23.1. The Kier molecular flexibility index (Phi) is 13.7. The Balaban J connectivity index is 0. The smallest absolute Gasteiger partial charge is 0.305 e. The van der Waals surface area contributed by atoms with Gasteiger partial charge in [0, 0.05) is 6.42 Å². The summed E-state index contributed by atoms with van der Waals surface area (Å²) in [5.41, 5.74) is 4.50. The summed E-state index contributed by atoms with van der Waals surface area (Å²) in [5, 5.41) is 0. The van der Waals surface area contributed by atoms with Crippen molar-refractivity contribution < 1.29 is 18.3 Å². The first-order chi connectivity index (χ1) is 7.72. The number of rotatable bonds is 2. The lowest BCUT2D eigenvalue weighted by atomic mass is 9.86. The first-order valence-corrected chi connectivity index (χ1v) is 5.38. The van der Waals surface area contributed by atoms with Gasteiger partial charge in [-0.1, -0.05) is 0 Å². The molecular formula is C11H23F2NO2. The van der Waals surface area contributed by atoms with E-state index in [-0.39, 0.29) is 5.97 Å². The maximum atomic E-state index is 12.7. The molecule has 1 aliphatic rings. The number of ether oxygens (including phenoxy) is 1. The average molecular weight is 239 g/mol. The number of esters is 1. The Bertz CT molecular complexity index is 160. The van der Waals surface area contributed by atoms with Crippen molar-refractivity contribution in [2.24, 2.45) is 11.7 Å². The lowest BCUT2D eigenvalue weighted by Crippen LogP contribution is -2.18. The van der Waals surface area contributed by atoms with Crippen LogP contribution in [0.2, 0.25) is 0 Å². The molecule has 0 aromatic carbocycles. The molecular weight excluding hydrogens is 216 g/mol. The number of methoxy groups -OCH3 is 1. The second-order valence-corrected chi connectivity index (χ2v) is 3.40. The number of nitrogens with two attached hydrogens (primary N) is 1. The first-order valence-electron chi connectivity index (χ1n) is 5.38. The van der Waals surface area contributed by atoms with E-state index in [1.165, 1.54) is 14.2 Å². The van der Waals surface area contributed by atoms with Crippen molar-refractivity contribution in [3.8, 4) is 0 Å². The number of hydrogen-bond donors (Lipinski definition) is 1. The van der Waals surface area contributed by atoms with Crippen molar-refractivity contribution in [2.75, 3.05) is 21.3 Å². The molecule has 0 heterocycles. The second-order valence-electron chi connectivity index (χ2n) is 3.40. The predicted octanol–water partition coefficient (Wildman–Crippen LogP) is 2.24. The third-order valence-electron chi connectivity index (χ3n) is 2.46. The van der Waals surface area contributed by atoms with E-state index in [1.54, 1.807) is 0 Å². The van der Waals surface area contributed by atoms with E-state index in [1.807, 2.05) is 0 Å². The molecule has 0 amide bonds. The minimum Gasteiger partial charge on any atom is -0.469 e. The summed E-state index contributed by atoms with van der Waals surface area (Å²) in [5.74, 6) is 0.182. The SMILES string of the molecule is CF.CN.COC(=O)CC1CCC(F)CC1. The molecule has 0 aliphatic heterocycles. The fourth-order valence-corrected chi connectivity index (χ4v) is 1.64. The van der Waals surface area contributed by atoms with Gasteiger partial charge in [0.2, 0.25) is 0 Å². The monoisotopic (exact) mass is 239 g/mol. The molecule has 0 bridgehead atoms. The van der Waals surface area contributed by atoms with Gasteiger partial charge in [0.1, 0.15) is 6.17 Å². The van der Waals surface area contributed by atoms with Gasteiger partial charge < -0.3 is 10.5 Å². The van der Waals surface area contributed by atoms with Gasteiger partial charge in [-0.3, -0.25) is 9.18 Å². The summed E-state index contributed by atoms with van der Waals surface area (Å²) < 4.78 is 26.7. The zero-order chi connectivity index (χ0) is 13.0. The van der Waals surface area contributed by atoms with Crippen LogP contribution in [0.3, 0.4) is 0 Å². The minimum atomic E-state index is -0.640. The van der Waals surface area contributed by atoms with Gasteiger partial charge in [0.25, 0.3) is 0 Å². The highest BCUT2D eigenvalue weighted by Gasteiger charge is 2.22. The summed E-state index contributed by atoms with van der Waals surface area (Å²) in [6.07, 6.45) is 2.71. The van der Waals surface area contributed by atoms with Crippen LogP contribution in [0.25, 0.3) is 0 Å². The van der Waals surface area contributed by atoms with Crippen LogP contribution in [0.1, 0.15) is 32.1 Å². The van der Waals surface area contributed by atoms with Crippen molar-refractivity contribution in [3.63, 3.8) is 0 Å². The predicted molar refractivity (Wildman–Crippen MR) is 60.6 cm³/mol. The van der Waals surface area contributed by atoms with Crippen LogP contribution in [-0.4, -0.2) is 33.5 Å². The molecule has 0 saturated heterocycles. The van der Waals surface area contributed by atoms with Crippen LogP contribution in [0, 0.1) is 5.92 Å². The topological polar surface area (TPSA) is 52.3 Å². The average Bonchev–Trinajstić information content (AvgIpc) is 2.37. The van der Waals surface area contributed by atoms with Gasteiger partial charge in [-0.15, -0.1) is 0 Å². The highest BCUT2D eigenvalue weighted by molar-refractivity contribution is 5.69. The van der Waals surface area contributed by atoms with E-state index >= 15 is 0 Å². The standard InChI is InChI=1S/C9H15FO2.CH3F.CH5N/c1-12-9(11)6-7-2-4-8(10)5-3-7;2*1-2/h7-8H,2-6H2,1H3;1H3;2H2,1H3. The number of halogens is 2. The summed E-state index contributed by atoms with van der Waals surface area (Å²) >= 11 is 0. The summed E-state index contributed by atoms with van der Waals surface area (Å²) in [4.78, 5) is 10.8. The highest BCUT2D eigenvalue weighted by atomic mass is 19.1. The van der Waals surface area contributed by atoms with Gasteiger partial charge in [-0.25, -0.2) is 4.39 Å². The zero-order valence-electron chi connectivity index (χ0n) is 10.3. The fraction of sp³-hybridized carbons (Fsp3) is 0.909. The summed E-state index contributed by atoms with van der Waals surface area (Å²) in [6, 6.07) is 0. The lowest BCUT2D eigenvalue weighted by molar-refractivity contribution is -0.142. The maximum absolute atomic E-state index is 12.7. The Morgan fingerprint density at radius 1 is 1.25 bits per heavy atom. The van der Waals surface area contributed by atoms with Gasteiger partial charge in [0.05, 0.1) is 14.3 Å². The van der Waals surface area contributed by atoms with Gasteiger partial charge >= 0.3 is 5.97 Å². The van der Waals surface area contributed by atoms with E-state index in [4.69, 9.17) is 0 Å². The molecule has 1 saturated carbocycles. The Morgan fingerprint density at radius 2 is 1.69 bits per heavy atom. The molecule has 16 heavy (non-hydrogen) atoms. The zero-order valence-corrected chi connectivity index (χ0v) is 10.3.